The second-order valence-electron chi connectivity index (χ2n) is 5.88. The maximum absolute atomic E-state index is 11.8. The van der Waals surface area contributed by atoms with Crippen LogP contribution in [-0.4, -0.2) is 58.6 Å². The molecule has 0 aromatic carbocycles. The molecule has 0 unspecified atom stereocenters. The molecule has 0 aliphatic rings. The van der Waals surface area contributed by atoms with E-state index >= 15 is 0 Å². The lowest BCUT2D eigenvalue weighted by Gasteiger charge is -2.21. The number of aliphatic hydroxyl groups is 2. The molecule has 8 heteroatoms. The van der Waals surface area contributed by atoms with E-state index in [1.165, 1.54) is 26.8 Å². The van der Waals surface area contributed by atoms with Crippen molar-refractivity contribution < 1.29 is 38.8 Å². The third-order valence-corrected chi connectivity index (χ3v) is 3.48. The minimum absolute atomic E-state index is 0.0190. The summed E-state index contributed by atoms with van der Waals surface area (Å²) < 4.78 is 14.9. The van der Waals surface area contributed by atoms with Crippen molar-refractivity contribution in [1.82, 2.24) is 0 Å². The second kappa shape index (κ2) is 12.2. The Hall–Kier alpha value is -2.19. The Bertz CT molecular complexity index is 501. The Morgan fingerprint density at radius 1 is 0.962 bits per heavy atom. The molecule has 0 aliphatic carbocycles. The molecule has 0 rings (SSSR count). The molecule has 0 radical (unpaired) electrons. The molecule has 0 aromatic heterocycles. The van der Waals surface area contributed by atoms with Gasteiger partial charge in [0.25, 0.3) is 0 Å². The molecule has 0 aliphatic heterocycles. The minimum atomic E-state index is -1.07. The van der Waals surface area contributed by atoms with E-state index < -0.39 is 48.4 Å². The molecule has 148 valence electrons. The molecule has 0 aromatic rings. The van der Waals surface area contributed by atoms with Crippen LogP contribution in [0, 0.1) is 0 Å². The number of ether oxygens (including phenoxy) is 3. The summed E-state index contributed by atoms with van der Waals surface area (Å²) in [5.74, 6) is -1.89. The number of aliphatic hydroxyl groups excluding tert-OH is 2. The van der Waals surface area contributed by atoms with Crippen LogP contribution in [0.25, 0.3) is 0 Å². The van der Waals surface area contributed by atoms with E-state index in [1.807, 2.05) is 0 Å². The van der Waals surface area contributed by atoms with Crippen LogP contribution in [0.3, 0.4) is 0 Å². The number of rotatable bonds is 12. The first-order chi connectivity index (χ1) is 12.1. The summed E-state index contributed by atoms with van der Waals surface area (Å²) >= 11 is 0. The highest BCUT2D eigenvalue weighted by Crippen LogP contribution is 2.11. The topological polar surface area (TPSA) is 119 Å². The lowest BCUT2D eigenvalue weighted by molar-refractivity contribution is -0.159. The minimum Gasteiger partial charge on any atom is -0.460 e. The molecule has 5 atom stereocenters. The Morgan fingerprint density at radius 2 is 1.54 bits per heavy atom. The summed E-state index contributed by atoms with van der Waals surface area (Å²) in [5.41, 5.74) is 0. The van der Waals surface area contributed by atoms with Gasteiger partial charge in [0.2, 0.25) is 0 Å². The summed E-state index contributed by atoms with van der Waals surface area (Å²) in [6.07, 6.45) is -2.35. The third kappa shape index (κ3) is 9.95. The average molecular weight is 372 g/mol. The molecule has 0 amide bonds. The van der Waals surface area contributed by atoms with E-state index in [1.54, 1.807) is 0 Å². The van der Waals surface area contributed by atoms with Gasteiger partial charge >= 0.3 is 17.9 Å². The molecule has 0 saturated carbocycles. The molecular weight excluding hydrogens is 344 g/mol. The Balaban J connectivity index is 4.22. The molecule has 8 nitrogen and oxygen atoms in total. The van der Waals surface area contributed by atoms with Crippen LogP contribution in [0.2, 0.25) is 0 Å². The largest absolute Gasteiger partial charge is 0.460 e. The smallest absolute Gasteiger partial charge is 0.330 e. The zero-order valence-electron chi connectivity index (χ0n) is 15.4. The number of hydrogen-bond donors (Lipinski definition) is 2. The Morgan fingerprint density at radius 3 is 2.08 bits per heavy atom. The van der Waals surface area contributed by atoms with Gasteiger partial charge in [-0.15, -0.1) is 6.58 Å². The van der Waals surface area contributed by atoms with Crippen LogP contribution < -0.4 is 0 Å². The number of hydrogen-bond acceptors (Lipinski definition) is 8. The van der Waals surface area contributed by atoms with Gasteiger partial charge in [0.1, 0.15) is 24.4 Å². The van der Waals surface area contributed by atoms with E-state index in [-0.39, 0.29) is 19.3 Å². The standard InChI is InChI=1S/C18H28O8/c1-6-14(19)12(4)25-17(22)9-8-15(20)13(5)26-18(23)10-11(3)24-16(21)7-2/h6-7,11-15,19-20H,1-2,8-10H2,3-5H3/t11-,12+,13+,14-,15-/m1/s1. The predicted octanol–water partition coefficient (Wildman–Crippen LogP) is 1.05. The molecule has 26 heavy (non-hydrogen) atoms. The van der Waals surface area contributed by atoms with E-state index in [2.05, 4.69) is 13.2 Å². The normalized spacial score (nSPS) is 16.3. The fourth-order valence-electron chi connectivity index (χ4n) is 1.88. The van der Waals surface area contributed by atoms with Crippen LogP contribution >= 0.6 is 0 Å². The van der Waals surface area contributed by atoms with E-state index in [9.17, 15) is 24.6 Å². The van der Waals surface area contributed by atoms with Gasteiger partial charge < -0.3 is 24.4 Å². The monoisotopic (exact) mass is 372 g/mol. The summed E-state index contributed by atoms with van der Waals surface area (Å²) in [4.78, 5) is 34.4. The maximum Gasteiger partial charge on any atom is 0.330 e. The number of carbonyl (C=O) groups is 3. The van der Waals surface area contributed by atoms with E-state index in [0.717, 1.165) is 6.08 Å². The number of esters is 3. The van der Waals surface area contributed by atoms with Crippen LogP contribution in [-0.2, 0) is 28.6 Å². The molecule has 0 bridgehead atoms. The summed E-state index contributed by atoms with van der Waals surface area (Å²) in [5, 5.41) is 19.4. The maximum atomic E-state index is 11.8. The van der Waals surface area contributed by atoms with E-state index in [4.69, 9.17) is 14.2 Å². The molecule has 0 saturated heterocycles. The van der Waals surface area contributed by atoms with Crippen molar-refractivity contribution in [1.29, 1.82) is 0 Å². The Kier molecular flexibility index (Phi) is 11.2. The van der Waals surface area contributed by atoms with Gasteiger partial charge in [0.05, 0.1) is 12.5 Å². The SMILES string of the molecule is C=CC(=O)O[C@H](C)CC(=O)O[C@@H](C)[C@H](O)CCC(=O)O[C@@H](C)[C@H](O)C=C. The first-order valence-corrected chi connectivity index (χ1v) is 8.31. The Labute approximate surface area is 153 Å². The summed E-state index contributed by atoms with van der Waals surface area (Å²) in [6.45, 7) is 11.2. The lowest BCUT2D eigenvalue weighted by atomic mass is 10.1. The molecule has 2 N–H and O–H groups in total. The summed E-state index contributed by atoms with van der Waals surface area (Å²) in [6, 6.07) is 0. The van der Waals surface area contributed by atoms with Gasteiger partial charge in [-0.2, -0.15) is 0 Å². The van der Waals surface area contributed by atoms with Gasteiger partial charge in [-0.25, -0.2) is 4.79 Å². The fourth-order valence-corrected chi connectivity index (χ4v) is 1.88. The van der Waals surface area contributed by atoms with Crippen LogP contribution in [0.5, 0.6) is 0 Å². The van der Waals surface area contributed by atoms with Crippen LogP contribution in [0.1, 0.15) is 40.0 Å². The van der Waals surface area contributed by atoms with Crippen molar-refractivity contribution >= 4 is 17.9 Å². The van der Waals surface area contributed by atoms with Gasteiger partial charge in [-0.1, -0.05) is 12.7 Å². The average Bonchev–Trinajstić information content (AvgIpc) is 2.57. The molecule has 0 fully saturated rings. The van der Waals surface area contributed by atoms with Crippen molar-refractivity contribution in [2.75, 3.05) is 0 Å². The van der Waals surface area contributed by atoms with Crippen molar-refractivity contribution in [2.24, 2.45) is 0 Å². The highest BCUT2D eigenvalue weighted by molar-refractivity contribution is 5.81. The van der Waals surface area contributed by atoms with E-state index in [0.29, 0.717) is 0 Å². The first-order valence-electron chi connectivity index (χ1n) is 8.31. The predicted molar refractivity (Wildman–Crippen MR) is 92.9 cm³/mol. The van der Waals surface area contributed by atoms with Crippen molar-refractivity contribution in [3.05, 3.63) is 25.3 Å². The zero-order valence-corrected chi connectivity index (χ0v) is 15.4. The van der Waals surface area contributed by atoms with Gasteiger partial charge in [-0.3, -0.25) is 9.59 Å². The van der Waals surface area contributed by atoms with Crippen LogP contribution in [0.4, 0.5) is 0 Å². The fraction of sp³-hybridized carbons (Fsp3) is 0.611. The van der Waals surface area contributed by atoms with Crippen LogP contribution in [0.15, 0.2) is 25.3 Å². The first kappa shape index (κ1) is 23.8. The number of carbonyl (C=O) groups excluding carboxylic acids is 3. The summed E-state index contributed by atoms with van der Waals surface area (Å²) in [7, 11) is 0. The highest BCUT2D eigenvalue weighted by atomic mass is 16.6. The second-order valence-corrected chi connectivity index (χ2v) is 5.88. The quantitative estimate of drug-likeness (QED) is 0.226. The van der Waals surface area contributed by atoms with Crippen molar-refractivity contribution in [3.63, 3.8) is 0 Å². The van der Waals surface area contributed by atoms with Gasteiger partial charge in [0.15, 0.2) is 0 Å². The van der Waals surface area contributed by atoms with Gasteiger partial charge in [-0.05, 0) is 27.2 Å². The molecular formula is C18H28O8. The molecule has 0 spiro atoms. The van der Waals surface area contributed by atoms with Gasteiger partial charge in [0, 0.05) is 12.5 Å². The highest BCUT2D eigenvalue weighted by Gasteiger charge is 2.23. The lowest BCUT2D eigenvalue weighted by Crippen LogP contribution is -2.31. The zero-order chi connectivity index (χ0) is 20.3. The van der Waals surface area contributed by atoms with Crippen molar-refractivity contribution in [3.8, 4) is 0 Å². The van der Waals surface area contributed by atoms with Crippen molar-refractivity contribution in [2.45, 2.75) is 70.6 Å². The third-order valence-electron chi connectivity index (χ3n) is 3.48. The molecule has 0 heterocycles.